The van der Waals surface area contributed by atoms with E-state index >= 15 is 0 Å². The Hall–Kier alpha value is -3.61. The molecule has 7 heteroatoms. The van der Waals surface area contributed by atoms with E-state index in [1.807, 2.05) is 57.2 Å². The van der Waals surface area contributed by atoms with Gasteiger partial charge in [0.1, 0.15) is 11.6 Å². The molecule has 0 fully saturated rings. The summed E-state index contributed by atoms with van der Waals surface area (Å²) in [5.74, 6) is 1.87. The number of carbonyl (C=O) groups excluding carboxylic acids is 1. The smallest absolute Gasteiger partial charge is 0.246 e. The molecule has 0 saturated heterocycles. The summed E-state index contributed by atoms with van der Waals surface area (Å²) in [6, 6.07) is 7.31. The zero-order chi connectivity index (χ0) is 20.8. The van der Waals surface area contributed by atoms with Gasteiger partial charge in [-0.1, -0.05) is 12.7 Å². The average Bonchev–Trinajstić information content (AvgIpc) is 3.28. The third kappa shape index (κ3) is 5.01. The summed E-state index contributed by atoms with van der Waals surface area (Å²) in [6.07, 6.45) is 7.29. The first-order valence-electron chi connectivity index (χ1n) is 9.36. The summed E-state index contributed by atoms with van der Waals surface area (Å²) >= 11 is 0. The highest BCUT2D eigenvalue weighted by Gasteiger charge is 2.11. The molecule has 0 radical (unpaired) electrons. The van der Waals surface area contributed by atoms with Crippen molar-refractivity contribution in [1.82, 2.24) is 14.6 Å². The molecule has 0 saturated carbocycles. The molecular formula is C22H24N4O3. The third-order valence-corrected chi connectivity index (χ3v) is 4.15. The van der Waals surface area contributed by atoms with Gasteiger partial charge in [-0.3, -0.25) is 4.79 Å². The quantitative estimate of drug-likeness (QED) is 0.445. The minimum absolute atomic E-state index is 0.141. The second-order valence-corrected chi connectivity index (χ2v) is 6.38. The number of aromatic nitrogens is 3. The molecule has 3 rings (SSSR count). The molecule has 150 valence electrons. The topological polar surface area (TPSA) is 81.7 Å². The number of aryl methyl sites for hydroxylation is 1. The first-order valence-corrected chi connectivity index (χ1v) is 9.36. The number of benzene rings is 1. The minimum atomic E-state index is -0.141. The molecule has 1 N–H and O–H groups in total. The van der Waals surface area contributed by atoms with Gasteiger partial charge in [0.05, 0.1) is 19.2 Å². The van der Waals surface area contributed by atoms with Crippen LogP contribution in [-0.4, -0.2) is 27.1 Å². The van der Waals surface area contributed by atoms with Crippen LogP contribution < -0.4 is 5.32 Å². The fourth-order valence-corrected chi connectivity index (χ4v) is 2.70. The van der Waals surface area contributed by atoms with E-state index < -0.39 is 0 Å². The van der Waals surface area contributed by atoms with Crippen molar-refractivity contribution in [1.29, 1.82) is 0 Å². The van der Waals surface area contributed by atoms with Crippen molar-refractivity contribution < 1.29 is 13.9 Å². The van der Waals surface area contributed by atoms with Crippen molar-refractivity contribution in [3.8, 4) is 11.5 Å². The molecule has 1 amide bonds. The zero-order valence-electron chi connectivity index (χ0n) is 16.8. The van der Waals surface area contributed by atoms with Gasteiger partial charge < -0.3 is 14.5 Å². The van der Waals surface area contributed by atoms with Gasteiger partial charge in [-0.25, -0.2) is 4.98 Å². The second kappa shape index (κ2) is 9.05. The molecule has 2 heterocycles. The molecule has 0 bridgehead atoms. The number of carbonyl (C=O) groups is 1. The monoisotopic (exact) mass is 392 g/mol. The molecule has 29 heavy (non-hydrogen) atoms. The van der Waals surface area contributed by atoms with E-state index in [9.17, 15) is 4.79 Å². The molecular weight excluding hydrogens is 368 g/mol. The fraction of sp³-hybridized carbons (Fsp3) is 0.227. The molecule has 0 aliphatic rings. The Morgan fingerprint density at radius 2 is 2.07 bits per heavy atom. The van der Waals surface area contributed by atoms with E-state index in [2.05, 4.69) is 22.0 Å². The Labute approximate surface area is 169 Å². The molecule has 0 aliphatic heterocycles. The van der Waals surface area contributed by atoms with Crippen molar-refractivity contribution in [3.63, 3.8) is 0 Å². The van der Waals surface area contributed by atoms with Gasteiger partial charge >= 0.3 is 0 Å². The summed E-state index contributed by atoms with van der Waals surface area (Å²) in [7, 11) is 0. The lowest BCUT2D eigenvalue weighted by molar-refractivity contribution is -0.115. The molecule has 1 aromatic carbocycles. The second-order valence-electron chi connectivity index (χ2n) is 6.38. The van der Waals surface area contributed by atoms with E-state index in [-0.39, 0.29) is 12.3 Å². The minimum Gasteiger partial charge on any atom is -0.494 e. The first-order chi connectivity index (χ1) is 14.0. The molecule has 7 nitrogen and oxygen atoms in total. The summed E-state index contributed by atoms with van der Waals surface area (Å²) in [4.78, 5) is 16.4. The van der Waals surface area contributed by atoms with Gasteiger partial charge in [0.2, 0.25) is 17.5 Å². The van der Waals surface area contributed by atoms with Gasteiger partial charge in [0.15, 0.2) is 0 Å². The number of allylic oxidation sites excluding steroid dienone is 3. The van der Waals surface area contributed by atoms with Crippen LogP contribution in [0.4, 0.5) is 5.69 Å². The Morgan fingerprint density at radius 1 is 1.31 bits per heavy atom. The predicted molar refractivity (Wildman–Crippen MR) is 112 cm³/mol. The van der Waals surface area contributed by atoms with Crippen LogP contribution in [-0.2, 0) is 9.53 Å². The van der Waals surface area contributed by atoms with Gasteiger partial charge in [0.25, 0.3) is 0 Å². The Kier molecular flexibility index (Phi) is 6.29. The first kappa shape index (κ1) is 20.1. The van der Waals surface area contributed by atoms with Crippen LogP contribution in [0, 0.1) is 6.92 Å². The number of amides is 1. The number of fused-ring (bicyclic) bond motifs is 1. The van der Waals surface area contributed by atoms with Gasteiger partial charge in [-0.2, -0.15) is 4.52 Å². The van der Waals surface area contributed by atoms with Crippen molar-refractivity contribution in [3.05, 3.63) is 72.4 Å². The van der Waals surface area contributed by atoms with Crippen LogP contribution in [0.2, 0.25) is 0 Å². The maximum Gasteiger partial charge on any atom is 0.246 e. The fourth-order valence-electron chi connectivity index (χ4n) is 2.70. The van der Waals surface area contributed by atoms with Crippen LogP contribution in [0.1, 0.15) is 26.1 Å². The Balaban J connectivity index is 1.58. The maximum absolute atomic E-state index is 12.2. The highest BCUT2D eigenvalue weighted by Crippen LogP contribution is 2.22. The summed E-state index contributed by atoms with van der Waals surface area (Å²) < 4.78 is 12.8. The predicted octanol–water partition coefficient (Wildman–Crippen LogP) is 4.68. The maximum atomic E-state index is 12.2. The van der Waals surface area contributed by atoms with Gasteiger partial charge in [0, 0.05) is 11.3 Å². The molecule has 0 atom stereocenters. The number of hydrogen-bond acceptors (Lipinski definition) is 5. The van der Waals surface area contributed by atoms with Crippen LogP contribution in [0.5, 0.6) is 0 Å². The van der Waals surface area contributed by atoms with Crippen LogP contribution in [0.15, 0.2) is 71.0 Å². The molecule has 0 spiro atoms. The SMILES string of the molecule is C=C(C=CC(=CC)OCC)CC(=O)Nc1ccc(-c2nn3c(C)ncc3o2)cc1. The Bertz CT molecular complexity index is 1070. The number of rotatable bonds is 8. The standard InChI is InChI=1S/C22H24N4O3/c1-5-19(28-6-2)12-7-15(3)13-20(27)24-18-10-8-17(9-11-18)22-25-26-16(4)23-14-21(26)29-22/h5,7-12,14H,3,6,13H2,1-2,4H3,(H,24,27). The van der Waals surface area contributed by atoms with E-state index in [0.29, 0.717) is 29.5 Å². The largest absolute Gasteiger partial charge is 0.494 e. The van der Waals surface area contributed by atoms with Crippen LogP contribution in [0.3, 0.4) is 0 Å². The number of hydrogen-bond donors (Lipinski definition) is 1. The van der Waals surface area contributed by atoms with Crippen LogP contribution >= 0.6 is 0 Å². The number of nitrogens with one attached hydrogen (secondary N) is 1. The number of anilines is 1. The highest BCUT2D eigenvalue weighted by atomic mass is 16.5. The summed E-state index contributed by atoms with van der Waals surface area (Å²) in [6.45, 7) is 10.2. The van der Waals surface area contributed by atoms with Gasteiger partial charge in [-0.05, 0) is 62.8 Å². The summed E-state index contributed by atoms with van der Waals surface area (Å²) in [5, 5.41) is 7.26. The van der Waals surface area contributed by atoms with Crippen molar-refractivity contribution in [2.45, 2.75) is 27.2 Å². The number of imidazole rings is 1. The zero-order valence-corrected chi connectivity index (χ0v) is 16.8. The molecule has 3 aromatic rings. The lowest BCUT2D eigenvalue weighted by Crippen LogP contribution is -2.11. The summed E-state index contributed by atoms with van der Waals surface area (Å²) in [5.41, 5.74) is 2.79. The number of ether oxygens (including phenoxy) is 1. The average molecular weight is 392 g/mol. The third-order valence-electron chi connectivity index (χ3n) is 4.15. The van der Waals surface area contributed by atoms with E-state index in [0.717, 1.165) is 17.1 Å². The number of nitrogens with zero attached hydrogens (tertiary/aromatic N) is 3. The van der Waals surface area contributed by atoms with E-state index in [4.69, 9.17) is 9.15 Å². The van der Waals surface area contributed by atoms with E-state index in [1.165, 1.54) is 0 Å². The van der Waals surface area contributed by atoms with Crippen molar-refractivity contribution >= 4 is 17.3 Å². The molecule has 0 aliphatic carbocycles. The normalized spacial score (nSPS) is 11.9. The lowest BCUT2D eigenvalue weighted by Gasteiger charge is -2.06. The van der Waals surface area contributed by atoms with Crippen molar-refractivity contribution in [2.24, 2.45) is 0 Å². The lowest BCUT2D eigenvalue weighted by atomic mass is 10.1. The van der Waals surface area contributed by atoms with Crippen molar-refractivity contribution in [2.75, 3.05) is 11.9 Å². The highest BCUT2D eigenvalue weighted by molar-refractivity contribution is 5.92. The molecule has 0 unspecified atom stereocenters. The Morgan fingerprint density at radius 3 is 2.72 bits per heavy atom. The van der Waals surface area contributed by atoms with E-state index in [1.54, 1.807) is 16.8 Å². The van der Waals surface area contributed by atoms with Gasteiger partial charge in [-0.15, -0.1) is 5.10 Å². The van der Waals surface area contributed by atoms with Crippen LogP contribution in [0.25, 0.3) is 17.2 Å². The molecule has 2 aromatic heterocycles.